The number of nitrogens with zero attached hydrogens (tertiary/aromatic N) is 2. The third kappa shape index (κ3) is 2.81. The lowest BCUT2D eigenvalue weighted by Crippen LogP contribution is -2.38. The van der Waals surface area contributed by atoms with Crippen LogP contribution in [0.4, 0.5) is 0 Å². The van der Waals surface area contributed by atoms with E-state index in [9.17, 15) is 4.79 Å². The van der Waals surface area contributed by atoms with Crippen molar-refractivity contribution in [2.75, 3.05) is 20.1 Å². The molecule has 0 aromatic carbocycles. The first-order chi connectivity index (χ1) is 9.65. The lowest BCUT2D eigenvalue weighted by Gasteiger charge is -2.22. The van der Waals surface area contributed by atoms with Crippen molar-refractivity contribution in [3.63, 3.8) is 0 Å². The second-order valence-corrected chi connectivity index (χ2v) is 7.41. The molecule has 1 saturated heterocycles. The summed E-state index contributed by atoms with van der Waals surface area (Å²) in [5.41, 5.74) is 0.545. The Morgan fingerprint density at radius 3 is 3.00 bits per heavy atom. The molecular weight excluding hydrogens is 358 g/mol. The van der Waals surface area contributed by atoms with Gasteiger partial charge in [-0.2, -0.15) is 0 Å². The Kier molecular flexibility index (Phi) is 4.21. The van der Waals surface area contributed by atoms with E-state index in [0.29, 0.717) is 5.69 Å². The molecule has 2 aromatic heterocycles. The minimum atomic E-state index is 0.0109. The van der Waals surface area contributed by atoms with Crippen LogP contribution in [0.3, 0.4) is 0 Å². The lowest BCUT2D eigenvalue weighted by molar-refractivity contribution is 0.0739. The highest BCUT2D eigenvalue weighted by molar-refractivity contribution is 9.10. The fraction of sp³-hybridized carbons (Fsp3) is 0.385. The van der Waals surface area contributed by atoms with E-state index in [-0.39, 0.29) is 11.9 Å². The summed E-state index contributed by atoms with van der Waals surface area (Å²) in [7, 11) is 1.86. The number of hydrogen-bond donors (Lipinski definition) is 1. The Hall–Kier alpha value is -0.760. The van der Waals surface area contributed by atoms with Crippen LogP contribution in [0.5, 0.6) is 0 Å². The van der Waals surface area contributed by atoms with Gasteiger partial charge in [-0.3, -0.25) is 4.79 Å². The molecule has 2 aromatic rings. The molecule has 0 aliphatic carbocycles. The zero-order chi connectivity index (χ0) is 14.1. The highest BCUT2D eigenvalue weighted by atomic mass is 79.9. The van der Waals surface area contributed by atoms with Gasteiger partial charge in [0.25, 0.3) is 5.91 Å². The van der Waals surface area contributed by atoms with Gasteiger partial charge in [0.15, 0.2) is 0 Å². The van der Waals surface area contributed by atoms with Gasteiger partial charge in [-0.15, -0.1) is 22.7 Å². The summed E-state index contributed by atoms with van der Waals surface area (Å²) in [5, 5.41) is 8.06. The predicted molar refractivity (Wildman–Crippen MR) is 86.5 cm³/mol. The molecule has 0 bridgehead atoms. The molecule has 1 N–H and O–H groups in total. The van der Waals surface area contributed by atoms with E-state index in [0.717, 1.165) is 33.9 Å². The summed E-state index contributed by atoms with van der Waals surface area (Å²) >= 11 is 6.59. The Morgan fingerprint density at radius 1 is 1.50 bits per heavy atom. The monoisotopic (exact) mass is 371 g/mol. The standard InChI is InChI=1S/C13H14BrN3OS2/c1-17(9-2-3-15-5-9)13(18)10-7-20-12(16-10)11-4-8(14)6-19-11/h4,6-7,9,15H,2-3,5H2,1H3. The maximum atomic E-state index is 12.4. The first kappa shape index (κ1) is 14.2. The van der Waals surface area contributed by atoms with Gasteiger partial charge in [0.05, 0.1) is 4.88 Å². The third-order valence-electron chi connectivity index (χ3n) is 3.40. The van der Waals surface area contributed by atoms with E-state index in [4.69, 9.17) is 0 Å². The van der Waals surface area contributed by atoms with E-state index in [1.165, 1.54) is 11.3 Å². The number of halogens is 1. The average molecular weight is 372 g/mol. The van der Waals surface area contributed by atoms with E-state index in [2.05, 4.69) is 26.2 Å². The molecule has 0 radical (unpaired) electrons. The normalized spacial score (nSPS) is 18.4. The fourth-order valence-electron chi connectivity index (χ4n) is 2.23. The van der Waals surface area contributed by atoms with Crippen molar-refractivity contribution < 1.29 is 4.79 Å². The van der Waals surface area contributed by atoms with Gasteiger partial charge in [-0.25, -0.2) is 4.98 Å². The molecule has 20 heavy (non-hydrogen) atoms. The Balaban J connectivity index is 1.77. The Bertz CT molecular complexity index is 619. The molecule has 1 unspecified atom stereocenters. The quantitative estimate of drug-likeness (QED) is 0.901. The summed E-state index contributed by atoms with van der Waals surface area (Å²) in [6.07, 6.45) is 1.01. The third-order valence-corrected chi connectivity index (χ3v) is 6.11. The second-order valence-electron chi connectivity index (χ2n) is 4.73. The van der Waals surface area contributed by atoms with Crippen molar-refractivity contribution in [2.45, 2.75) is 12.5 Å². The maximum Gasteiger partial charge on any atom is 0.273 e. The molecular formula is C13H14BrN3OS2. The number of aromatic nitrogens is 1. The van der Waals surface area contributed by atoms with Crippen molar-refractivity contribution in [3.05, 3.63) is 27.0 Å². The topological polar surface area (TPSA) is 45.2 Å². The minimum absolute atomic E-state index is 0.0109. The number of nitrogens with one attached hydrogen (secondary N) is 1. The van der Waals surface area contributed by atoms with Crippen molar-refractivity contribution >= 4 is 44.5 Å². The fourth-order valence-corrected chi connectivity index (χ4v) is 4.53. The van der Waals surface area contributed by atoms with Gasteiger partial charge in [-0.1, -0.05) is 0 Å². The van der Waals surface area contributed by atoms with Crippen LogP contribution in [0.15, 0.2) is 21.3 Å². The van der Waals surface area contributed by atoms with Gasteiger partial charge in [0, 0.05) is 34.9 Å². The summed E-state index contributed by atoms with van der Waals surface area (Å²) in [4.78, 5) is 19.8. The van der Waals surface area contributed by atoms with Crippen LogP contribution in [-0.4, -0.2) is 42.0 Å². The Morgan fingerprint density at radius 2 is 2.35 bits per heavy atom. The van der Waals surface area contributed by atoms with Crippen LogP contribution in [0, 0.1) is 0 Å². The van der Waals surface area contributed by atoms with Crippen molar-refractivity contribution in [1.82, 2.24) is 15.2 Å². The molecule has 4 nitrogen and oxygen atoms in total. The van der Waals surface area contributed by atoms with Crippen molar-refractivity contribution in [2.24, 2.45) is 0 Å². The van der Waals surface area contributed by atoms with Gasteiger partial charge >= 0.3 is 0 Å². The first-order valence-electron chi connectivity index (χ1n) is 6.33. The molecule has 3 heterocycles. The smallest absolute Gasteiger partial charge is 0.273 e. The second kappa shape index (κ2) is 5.93. The number of likely N-dealkylation sites (N-methyl/N-ethyl adjacent to an activating group) is 1. The van der Waals surface area contributed by atoms with Crippen molar-refractivity contribution in [1.29, 1.82) is 0 Å². The largest absolute Gasteiger partial charge is 0.336 e. The SMILES string of the molecule is CN(C(=O)c1csc(-c2cc(Br)cs2)n1)C1CCNC1. The molecule has 0 spiro atoms. The Labute approximate surface area is 134 Å². The summed E-state index contributed by atoms with van der Waals surface area (Å²) in [6.45, 7) is 1.85. The van der Waals surface area contributed by atoms with Crippen molar-refractivity contribution in [3.8, 4) is 9.88 Å². The van der Waals surface area contributed by atoms with Gasteiger partial charge in [0.1, 0.15) is 10.7 Å². The highest BCUT2D eigenvalue weighted by Crippen LogP contribution is 2.32. The van der Waals surface area contributed by atoms with Gasteiger partial charge in [-0.05, 0) is 35.0 Å². The highest BCUT2D eigenvalue weighted by Gasteiger charge is 2.25. The number of amides is 1. The van der Waals surface area contributed by atoms with Crippen LogP contribution in [-0.2, 0) is 0 Å². The number of thiazole rings is 1. The zero-order valence-electron chi connectivity index (χ0n) is 10.9. The van der Waals surface area contributed by atoms with E-state index < -0.39 is 0 Å². The molecule has 7 heteroatoms. The van der Waals surface area contributed by atoms with Crippen LogP contribution >= 0.6 is 38.6 Å². The van der Waals surface area contributed by atoms with Crippen LogP contribution < -0.4 is 5.32 Å². The molecule has 3 rings (SSSR count). The zero-order valence-corrected chi connectivity index (χ0v) is 14.1. The van der Waals surface area contributed by atoms with Gasteiger partial charge < -0.3 is 10.2 Å². The summed E-state index contributed by atoms with van der Waals surface area (Å²) < 4.78 is 1.05. The van der Waals surface area contributed by atoms with E-state index in [1.54, 1.807) is 11.3 Å². The molecule has 0 saturated carbocycles. The molecule has 1 aliphatic rings. The van der Waals surface area contributed by atoms with Crippen LogP contribution in [0.2, 0.25) is 0 Å². The number of carbonyl (C=O) groups is 1. The molecule has 1 atom stereocenters. The van der Waals surface area contributed by atoms with Gasteiger partial charge in [0.2, 0.25) is 0 Å². The average Bonchev–Trinajstić information content (AvgIpc) is 3.17. The predicted octanol–water partition coefficient (Wildman–Crippen LogP) is 3.07. The lowest BCUT2D eigenvalue weighted by atomic mass is 10.2. The number of thiophene rings is 1. The van der Waals surface area contributed by atoms with Crippen LogP contribution in [0.1, 0.15) is 16.9 Å². The first-order valence-corrected chi connectivity index (χ1v) is 8.88. The molecule has 106 valence electrons. The summed E-state index contributed by atoms with van der Waals surface area (Å²) in [6, 6.07) is 2.31. The van der Waals surface area contributed by atoms with Crippen LogP contribution in [0.25, 0.3) is 9.88 Å². The number of rotatable bonds is 3. The maximum absolute atomic E-state index is 12.4. The molecule has 1 aliphatic heterocycles. The van der Waals surface area contributed by atoms with E-state index in [1.807, 2.05) is 28.8 Å². The number of hydrogen-bond acceptors (Lipinski definition) is 5. The molecule has 1 amide bonds. The number of carbonyl (C=O) groups excluding carboxylic acids is 1. The molecule has 1 fully saturated rings. The van der Waals surface area contributed by atoms with E-state index >= 15 is 0 Å². The minimum Gasteiger partial charge on any atom is -0.336 e. The summed E-state index contributed by atoms with van der Waals surface area (Å²) in [5.74, 6) is 0.0109.